The minimum atomic E-state index is -0.0262. The second kappa shape index (κ2) is 5.51. The highest BCUT2D eigenvalue weighted by Crippen LogP contribution is 2.28. The van der Waals surface area contributed by atoms with E-state index < -0.39 is 0 Å². The van der Waals surface area contributed by atoms with Gasteiger partial charge in [-0.1, -0.05) is 13.8 Å². The van der Waals surface area contributed by atoms with Crippen LogP contribution in [-0.2, 0) is 7.05 Å². The molecule has 1 unspecified atom stereocenters. The maximum absolute atomic E-state index is 12.5. The third kappa shape index (κ3) is 3.09. The first-order chi connectivity index (χ1) is 8.31. The minimum Gasteiger partial charge on any atom is -0.337 e. The quantitative estimate of drug-likeness (QED) is 0.847. The van der Waals surface area contributed by atoms with Crippen LogP contribution in [0.25, 0.3) is 0 Å². The van der Waals surface area contributed by atoms with Gasteiger partial charge in [0.25, 0.3) is 5.91 Å². The molecule has 0 aliphatic carbocycles. The SMILES string of the molecule is Cc1cc(C(=O)N2CCC(N)C(C)(C)C2)n(C)n1.Cl. The van der Waals surface area contributed by atoms with Gasteiger partial charge in [-0.15, -0.1) is 12.4 Å². The van der Waals surface area contributed by atoms with Crippen molar-refractivity contribution in [1.82, 2.24) is 14.7 Å². The summed E-state index contributed by atoms with van der Waals surface area (Å²) in [5, 5.41) is 4.22. The number of carbonyl (C=O) groups excluding carboxylic acids is 1. The Morgan fingerprint density at radius 2 is 2.16 bits per heavy atom. The molecule has 1 aliphatic heterocycles. The van der Waals surface area contributed by atoms with Crippen LogP contribution in [0.2, 0.25) is 0 Å². The number of nitrogens with zero attached hydrogens (tertiary/aromatic N) is 3. The van der Waals surface area contributed by atoms with Crippen LogP contribution in [0.4, 0.5) is 0 Å². The Labute approximate surface area is 120 Å². The van der Waals surface area contributed by atoms with Gasteiger partial charge >= 0.3 is 0 Å². The van der Waals surface area contributed by atoms with E-state index in [9.17, 15) is 4.79 Å². The highest BCUT2D eigenvalue weighted by Gasteiger charge is 2.36. The Kier molecular flexibility index (Phi) is 4.63. The number of likely N-dealkylation sites (tertiary alicyclic amines) is 1. The molecule has 2 N–H and O–H groups in total. The molecule has 108 valence electrons. The molecule has 1 aromatic rings. The first kappa shape index (κ1) is 16.0. The van der Waals surface area contributed by atoms with Crippen molar-refractivity contribution < 1.29 is 4.79 Å². The van der Waals surface area contributed by atoms with Gasteiger partial charge in [-0.05, 0) is 24.8 Å². The highest BCUT2D eigenvalue weighted by atomic mass is 35.5. The molecule has 2 rings (SSSR count). The van der Waals surface area contributed by atoms with E-state index in [2.05, 4.69) is 18.9 Å². The summed E-state index contributed by atoms with van der Waals surface area (Å²) in [5.41, 5.74) is 7.59. The van der Waals surface area contributed by atoms with Crippen LogP contribution in [-0.4, -0.2) is 39.7 Å². The molecular formula is C13H23ClN4O. The number of halogens is 1. The molecule has 0 saturated carbocycles. The van der Waals surface area contributed by atoms with Crippen molar-refractivity contribution in [3.63, 3.8) is 0 Å². The molecule has 1 amide bonds. The summed E-state index contributed by atoms with van der Waals surface area (Å²) >= 11 is 0. The van der Waals surface area contributed by atoms with Crippen LogP contribution in [0, 0.1) is 12.3 Å². The van der Waals surface area contributed by atoms with Gasteiger partial charge in [0.2, 0.25) is 0 Å². The third-order valence-electron chi connectivity index (χ3n) is 3.82. The highest BCUT2D eigenvalue weighted by molar-refractivity contribution is 5.92. The monoisotopic (exact) mass is 286 g/mol. The van der Waals surface area contributed by atoms with Crippen molar-refractivity contribution in [3.05, 3.63) is 17.5 Å². The number of aryl methyl sites for hydroxylation is 2. The normalized spacial score (nSPS) is 21.9. The Balaban J connectivity index is 0.00000180. The third-order valence-corrected chi connectivity index (χ3v) is 3.82. The molecular weight excluding hydrogens is 264 g/mol. The number of carbonyl (C=O) groups is 1. The minimum absolute atomic E-state index is 0. The number of piperidine rings is 1. The molecule has 1 aliphatic rings. The van der Waals surface area contributed by atoms with Crippen LogP contribution in [0.3, 0.4) is 0 Å². The van der Waals surface area contributed by atoms with Crippen LogP contribution < -0.4 is 5.73 Å². The van der Waals surface area contributed by atoms with E-state index in [1.165, 1.54) is 0 Å². The van der Waals surface area contributed by atoms with Gasteiger partial charge in [0, 0.05) is 26.2 Å². The molecule has 1 saturated heterocycles. The van der Waals surface area contributed by atoms with Gasteiger partial charge in [0.1, 0.15) is 5.69 Å². The van der Waals surface area contributed by atoms with Crippen molar-refractivity contribution in [3.8, 4) is 0 Å². The van der Waals surface area contributed by atoms with Crippen LogP contribution in [0.5, 0.6) is 0 Å². The zero-order chi connectivity index (χ0) is 13.5. The van der Waals surface area contributed by atoms with Gasteiger partial charge in [-0.25, -0.2) is 0 Å². The van der Waals surface area contributed by atoms with Crippen molar-refractivity contribution in [2.45, 2.75) is 33.2 Å². The van der Waals surface area contributed by atoms with E-state index in [1.54, 1.807) is 11.7 Å². The Morgan fingerprint density at radius 3 is 2.63 bits per heavy atom. The second-order valence-electron chi connectivity index (χ2n) is 5.91. The largest absolute Gasteiger partial charge is 0.337 e. The average Bonchev–Trinajstić information content (AvgIpc) is 2.60. The first-order valence-corrected chi connectivity index (χ1v) is 6.37. The smallest absolute Gasteiger partial charge is 0.272 e. The predicted octanol–water partition coefficient (Wildman–Crippen LogP) is 1.35. The van der Waals surface area contributed by atoms with Crippen LogP contribution >= 0.6 is 12.4 Å². The van der Waals surface area contributed by atoms with Gasteiger partial charge in [0.15, 0.2) is 0 Å². The molecule has 5 nitrogen and oxygen atoms in total. The maximum atomic E-state index is 12.5. The van der Waals surface area contributed by atoms with Gasteiger partial charge in [-0.3, -0.25) is 9.48 Å². The number of amides is 1. The van der Waals surface area contributed by atoms with Crippen molar-refractivity contribution in [2.75, 3.05) is 13.1 Å². The lowest BCUT2D eigenvalue weighted by molar-refractivity contribution is 0.0522. The summed E-state index contributed by atoms with van der Waals surface area (Å²) in [5.74, 6) is 0.0538. The Morgan fingerprint density at radius 1 is 1.53 bits per heavy atom. The molecule has 0 aromatic carbocycles. The van der Waals surface area contributed by atoms with Crippen molar-refractivity contribution in [2.24, 2.45) is 18.2 Å². The lowest BCUT2D eigenvalue weighted by atomic mass is 9.79. The zero-order valence-corrected chi connectivity index (χ0v) is 12.8. The summed E-state index contributed by atoms with van der Waals surface area (Å²) in [6, 6.07) is 2.00. The van der Waals surface area contributed by atoms with E-state index >= 15 is 0 Å². The number of aromatic nitrogens is 2. The number of rotatable bonds is 1. The Hall–Kier alpha value is -1.07. The Bertz CT molecular complexity index is 469. The summed E-state index contributed by atoms with van der Waals surface area (Å²) in [4.78, 5) is 14.3. The van der Waals surface area contributed by atoms with Gasteiger partial charge < -0.3 is 10.6 Å². The second-order valence-corrected chi connectivity index (χ2v) is 5.91. The van der Waals surface area contributed by atoms with E-state index in [1.807, 2.05) is 17.9 Å². The maximum Gasteiger partial charge on any atom is 0.272 e. The lowest BCUT2D eigenvalue weighted by Crippen LogP contribution is -2.54. The first-order valence-electron chi connectivity index (χ1n) is 6.37. The topological polar surface area (TPSA) is 64.2 Å². The molecule has 0 spiro atoms. The fraction of sp³-hybridized carbons (Fsp3) is 0.692. The molecule has 0 bridgehead atoms. The van der Waals surface area contributed by atoms with Crippen LogP contribution in [0.15, 0.2) is 6.07 Å². The molecule has 0 radical (unpaired) electrons. The standard InChI is InChI=1S/C13H22N4O.ClH/c1-9-7-10(16(4)15-9)12(18)17-6-5-11(14)13(2,3)8-17;/h7,11H,5-6,8,14H2,1-4H3;1H. The van der Waals surface area contributed by atoms with E-state index in [4.69, 9.17) is 5.73 Å². The van der Waals surface area contributed by atoms with Crippen molar-refractivity contribution >= 4 is 18.3 Å². The molecule has 19 heavy (non-hydrogen) atoms. The fourth-order valence-corrected chi connectivity index (χ4v) is 2.52. The van der Waals surface area contributed by atoms with E-state index in [0.29, 0.717) is 12.2 Å². The summed E-state index contributed by atoms with van der Waals surface area (Å²) in [7, 11) is 1.81. The fourth-order valence-electron chi connectivity index (χ4n) is 2.52. The summed E-state index contributed by atoms with van der Waals surface area (Å²) in [6.45, 7) is 7.56. The molecule has 1 aromatic heterocycles. The number of nitrogens with two attached hydrogens (primary N) is 1. The molecule has 1 atom stereocenters. The van der Waals surface area contributed by atoms with E-state index in [0.717, 1.165) is 18.7 Å². The van der Waals surface area contributed by atoms with Gasteiger partial charge in [-0.2, -0.15) is 5.10 Å². The zero-order valence-electron chi connectivity index (χ0n) is 12.0. The van der Waals surface area contributed by atoms with E-state index in [-0.39, 0.29) is 29.8 Å². The summed E-state index contributed by atoms with van der Waals surface area (Å²) < 4.78 is 1.65. The summed E-state index contributed by atoms with van der Waals surface area (Å²) in [6.07, 6.45) is 0.857. The predicted molar refractivity (Wildman–Crippen MR) is 77.5 cm³/mol. The lowest BCUT2D eigenvalue weighted by Gasteiger charge is -2.42. The average molecular weight is 287 g/mol. The molecule has 1 fully saturated rings. The number of hydrogen-bond donors (Lipinski definition) is 1. The van der Waals surface area contributed by atoms with Crippen molar-refractivity contribution in [1.29, 1.82) is 0 Å². The van der Waals surface area contributed by atoms with Gasteiger partial charge in [0.05, 0.1) is 5.69 Å². The molecule has 6 heteroatoms. The number of hydrogen-bond acceptors (Lipinski definition) is 3. The molecule has 2 heterocycles. The van der Waals surface area contributed by atoms with Crippen LogP contribution in [0.1, 0.15) is 36.5 Å².